The molecule has 2 N–H and O–H groups in total. The summed E-state index contributed by atoms with van der Waals surface area (Å²) in [5, 5.41) is 1.23. The van der Waals surface area contributed by atoms with Gasteiger partial charge in [-0.05, 0) is 46.2 Å². The van der Waals surface area contributed by atoms with Crippen molar-refractivity contribution in [1.82, 2.24) is 9.97 Å². The lowest BCUT2D eigenvalue weighted by Crippen LogP contribution is -2.09. The van der Waals surface area contributed by atoms with Crippen molar-refractivity contribution in [2.75, 3.05) is 5.73 Å². The van der Waals surface area contributed by atoms with Crippen molar-refractivity contribution in [2.45, 2.75) is 26.2 Å². The molecule has 0 aliphatic rings. The summed E-state index contributed by atoms with van der Waals surface area (Å²) < 4.78 is 0.920. The largest absolute Gasteiger partial charge is 0.383 e. The molecule has 6 heteroatoms. The molecule has 0 amide bonds. The molecule has 1 aromatic heterocycles. The van der Waals surface area contributed by atoms with Crippen LogP contribution in [0.25, 0.3) is 0 Å². The molecule has 0 unspecified atom stereocenters. The Kier molecular flexibility index (Phi) is 5.09. The highest BCUT2D eigenvalue weighted by molar-refractivity contribution is 14.1. The van der Waals surface area contributed by atoms with Crippen LogP contribution in [0.3, 0.4) is 0 Å². The molecule has 1 aromatic carbocycles. The van der Waals surface area contributed by atoms with Gasteiger partial charge in [0.15, 0.2) is 0 Å². The molecule has 0 bridgehead atoms. The summed E-state index contributed by atoms with van der Waals surface area (Å²) in [6.07, 6.45) is 0.539. The lowest BCUT2D eigenvalue weighted by atomic mass is 10.1. The minimum Gasteiger partial charge on any atom is -0.383 e. The molecule has 20 heavy (non-hydrogen) atoms. The monoisotopic (exact) mass is 421 g/mol. The van der Waals surface area contributed by atoms with E-state index in [1.807, 2.05) is 12.1 Å². The topological polar surface area (TPSA) is 51.8 Å². The van der Waals surface area contributed by atoms with Gasteiger partial charge in [0.05, 0.1) is 9.26 Å². The van der Waals surface area contributed by atoms with Gasteiger partial charge < -0.3 is 5.73 Å². The van der Waals surface area contributed by atoms with E-state index in [1.54, 1.807) is 6.07 Å². The van der Waals surface area contributed by atoms with Gasteiger partial charge in [-0.25, -0.2) is 9.97 Å². The second-order valence-electron chi connectivity index (χ2n) is 4.79. The Bertz CT molecular complexity index is 645. The van der Waals surface area contributed by atoms with Gasteiger partial charge in [0, 0.05) is 16.5 Å². The van der Waals surface area contributed by atoms with Crippen molar-refractivity contribution in [2.24, 2.45) is 0 Å². The van der Waals surface area contributed by atoms with E-state index in [2.05, 4.69) is 46.4 Å². The van der Waals surface area contributed by atoms with Crippen LogP contribution in [0.4, 0.5) is 5.82 Å². The first-order valence-corrected chi connectivity index (χ1v) is 7.97. The van der Waals surface area contributed by atoms with Gasteiger partial charge in [-0.15, -0.1) is 0 Å². The second-order valence-corrected chi connectivity index (χ2v) is 6.71. The van der Waals surface area contributed by atoms with E-state index < -0.39 is 0 Å². The highest BCUT2D eigenvalue weighted by Crippen LogP contribution is 2.26. The van der Waals surface area contributed by atoms with Gasteiger partial charge in [-0.1, -0.05) is 43.1 Å². The van der Waals surface area contributed by atoms with E-state index in [0.29, 0.717) is 34.0 Å². The van der Waals surface area contributed by atoms with E-state index in [4.69, 9.17) is 28.9 Å². The molecule has 0 spiro atoms. The van der Waals surface area contributed by atoms with Crippen LogP contribution in [0.5, 0.6) is 0 Å². The summed E-state index contributed by atoms with van der Waals surface area (Å²) in [7, 11) is 0. The smallest absolute Gasteiger partial charge is 0.140 e. The number of hydrogen-bond donors (Lipinski definition) is 1. The standard InChI is InChI=1S/C14H14Cl2IN3/c1-7(2)13-12(17)14(18)20-11(19-13)5-8-3-4-9(15)6-10(8)16/h3-4,6-7H,5H2,1-2H3,(H2,18,19,20). The van der Waals surface area contributed by atoms with E-state index >= 15 is 0 Å². The summed E-state index contributed by atoms with van der Waals surface area (Å²) >= 11 is 14.3. The third-order valence-corrected chi connectivity index (χ3v) is 4.55. The number of anilines is 1. The fraction of sp³-hybridized carbons (Fsp3) is 0.286. The summed E-state index contributed by atoms with van der Waals surface area (Å²) in [5.41, 5.74) is 7.87. The van der Waals surface area contributed by atoms with Gasteiger partial charge in [0.1, 0.15) is 11.6 Å². The van der Waals surface area contributed by atoms with Crippen LogP contribution >= 0.6 is 45.8 Å². The summed E-state index contributed by atoms with van der Waals surface area (Å²) in [6, 6.07) is 5.41. The average Bonchev–Trinajstić information content (AvgIpc) is 2.36. The molecular formula is C14H14Cl2IN3. The Hall–Kier alpha value is -0.590. The number of rotatable bonds is 3. The summed E-state index contributed by atoms with van der Waals surface area (Å²) in [6.45, 7) is 4.17. The Morgan fingerprint density at radius 2 is 1.95 bits per heavy atom. The molecule has 106 valence electrons. The lowest BCUT2D eigenvalue weighted by Gasteiger charge is -2.12. The first-order chi connectivity index (χ1) is 9.38. The molecule has 0 aliphatic heterocycles. The Morgan fingerprint density at radius 1 is 1.25 bits per heavy atom. The number of aromatic nitrogens is 2. The minimum atomic E-state index is 0.298. The molecule has 2 aromatic rings. The van der Waals surface area contributed by atoms with Crippen molar-refractivity contribution >= 4 is 51.6 Å². The Labute approximate surface area is 142 Å². The molecule has 2 rings (SSSR count). The van der Waals surface area contributed by atoms with Crippen molar-refractivity contribution in [3.05, 3.63) is 48.9 Å². The number of nitrogens with zero attached hydrogens (tertiary/aromatic N) is 2. The van der Waals surface area contributed by atoms with Crippen LogP contribution in [-0.4, -0.2) is 9.97 Å². The van der Waals surface area contributed by atoms with Gasteiger partial charge in [0.2, 0.25) is 0 Å². The first kappa shape index (κ1) is 15.8. The maximum atomic E-state index is 6.18. The zero-order valence-electron chi connectivity index (χ0n) is 11.1. The van der Waals surface area contributed by atoms with Crippen LogP contribution < -0.4 is 5.73 Å². The fourth-order valence-corrected chi connectivity index (χ4v) is 3.17. The second kappa shape index (κ2) is 6.45. The van der Waals surface area contributed by atoms with E-state index in [0.717, 1.165) is 14.8 Å². The quantitative estimate of drug-likeness (QED) is 0.731. The minimum absolute atomic E-state index is 0.298. The van der Waals surface area contributed by atoms with Crippen LogP contribution in [0.2, 0.25) is 10.0 Å². The average molecular weight is 422 g/mol. The van der Waals surface area contributed by atoms with Crippen LogP contribution in [0.1, 0.15) is 36.8 Å². The van der Waals surface area contributed by atoms with Crippen LogP contribution in [-0.2, 0) is 6.42 Å². The normalized spacial score (nSPS) is 11.1. The predicted molar refractivity (Wildman–Crippen MR) is 92.5 cm³/mol. The molecule has 0 aliphatic carbocycles. The van der Waals surface area contributed by atoms with Crippen molar-refractivity contribution < 1.29 is 0 Å². The number of hydrogen-bond acceptors (Lipinski definition) is 3. The number of benzene rings is 1. The number of nitrogen functional groups attached to an aromatic ring is 1. The Morgan fingerprint density at radius 3 is 2.55 bits per heavy atom. The number of nitrogens with two attached hydrogens (primary N) is 1. The maximum Gasteiger partial charge on any atom is 0.140 e. The van der Waals surface area contributed by atoms with Gasteiger partial charge >= 0.3 is 0 Å². The lowest BCUT2D eigenvalue weighted by molar-refractivity contribution is 0.785. The van der Waals surface area contributed by atoms with Gasteiger partial charge in [-0.3, -0.25) is 0 Å². The third kappa shape index (κ3) is 3.54. The van der Waals surface area contributed by atoms with Gasteiger partial charge in [-0.2, -0.15) is 0 Å². The zero-order chi connectivity index (χ0) is 14.9. The summed E-state index contributed by atoms with van der Waals surface area (Å²) in [4.78, 5) is 8.94. The number of halogens is 3. The zero-order valence-corrected chi connectivity index (χ0v) is 14.8. The van der Waals surface area contributed by atoms with Crippen molar-refractivity contribution in [1.29, 1.82) is 0 Å². The van der Waals surface area contributed by atoms with Crippen LogP contribution in [0.15, 0.2) is 18.2 Å². The molecule has 0 saturated carbocycles. The Balaban J connectivity index is 2.39. The van der Waals surface area contributed by atoms with E-state index in [9.17, 15) is 0 Å². The van der Waals surface area contributed by atoms with Crippen molar-refractivity contribution in [3.8, 4) is 0 Å². The molecule has 0 fully saturated rings. The molecule has 0 saturated heterocycles. The van der Waals surface area contributed by atoms with Gasteiger partial charge in [0.25, 0.3) is 0 Å². The highest BCUT2D eigenvalue weighted by atomic mass is 127. The molecular weight excluding hydrogens is 408 g/mol. The maximum absolute atomic E-state index is 6.18. The predicted octanol–water partition coefficient (Wildman–Crippen LogP) is 4.68. The molecule has 1 heterocycles. The van der Waals surface area contributed by atoms with Crippen LogP contribution in [0, 0.1) is 3.57 Å². The summed E-state index contributed by atoms with van der Waals surface area (Å²) in [5.74, 6) is 1.49. The first-order valence-electron chi connectivity index (χ1n) is 6.14. The molecule has 3 nitrogen and oxygen atoms in total. The SMILES string of the molecule is CC(C)c1nc(Cc2ccc(Cl)cc2Cl)nc(N)c1I. The van der Waals surface area contributed by atoms with E-state index in [-0.39, 0.29) is 0 Å². The molecule has 0 atom stereocenters. The highest BCUT2D eigenvalue weighted by Gasteiger charge is 2.14. The fourth-order valence-electron chi connectivity index (χ4n) is 1.83. The third-order valence-electron chi connectivity index (χ3n) is 2.86. The van der Waals surface area contributed by atoms with Crippen molar-refractivity contribution in [3.63, 3.8) is 0 Å². The van der Waals surface area contributed by atoms with E-state index in [1.165, 1.54) is 0 Å². The molecule has 0 radical (unpaired) electrons.